The summed E-state index contributed by atoms with van der Waals surface area (Å²) in [6, 6.07) is 4.93. The first-order valence-corrected chi connectivity index (χ1v) is 12.5. The van der Waals surface area contributed by atoms with Crippen LogP contribution in [0.2, 0.25) is 0 Å². The van der Waals surface area contributed by atoms with Crippen LogP contribution in [0.5, 0.6) is 11.5 Å². The molecule has 0 saturated carbocycles. The van der Waals surface area contributed by atoms with Crippen molar-refractivity contribution in [2.75, 3.05) is 18.1 Å². The highest BCUT2D eigenvalue weighted by Gasteiger charge is 2.54. The van der Waals surface area contributed by atoms with Gasteiger partial charge in [-0.1, -0.05) is 5.16 Å². The lowest BCUT2D eigenvalue weighted by molar-refractivity contribution is -0.192. The van der Waals surface area contributed by atoms with Gasteiger partial charge in [-0.2, -0.15) is 13.2 Å². The molecule has 1 saturated heterocycles. The number of carbonyl (C=O) groups is 4. The average Bonchev–Trinajstić information content (AvgIpc) is 3.32. The Morgan fingerprint density at radius 3 is 2.35 bits per heavy atom. The number of β-lactam (4-membered cyclic amide) rings is 1. The third-order valence-corrected chi connectivity index (χ3v) is 7.12. The highest BCUT2D eigenvalue weighted by atomic mass is 32.2. The number of rotatable bonds is 7. The van der Waals surface area contributed by atoms with E-state index in [0.717, 1.165) is 16.2 Å². The quantitative estimate of drug-likeness (QED) is 0.113. The Hall–Kier alpha value is -4.52. The van der Waals surface area contributed by atoms with E-state index >= 15 is 0 Å². The molecule has 0 spiro atoms. The molecule has 1 fully saturated rings. The van der Waals surface area contributed by atoms with Gasteiger partial charge in [0, 0.05) is 16.7 Å². The number of thiazole rings is 1. The monoisotopic (exact) mass is 605 g/mol. The van der Waals surface area contributed by atoms with Crippen molar-refractivity contribution in [2.24, 2.45) is 5.16 Å². The summed E-state index contributed by atoms with van der Waals surface area (Å²) in [7, 11) is 0. The summed E-state index contributed by atoms with van der Waals surface area (Å²) in [5, 5.41) is 41.8. The van der Waals surface area contributed by atoms with Gasteiger partial charge >= 0.3 is 18.1 Å². The minimum atomic E-state index is -5.08. The van der Waals surface area contributed by atoms with Crippen LogP contribution in [0.25, 0.3) is 0 Å². The molecule has 14 nitrogen and oxygen atoms in total. The second kappa shape index (κ2) is 12.1. The van der Waals surface area contributed by atoms with Gasteiger partial charge < -0.3 is 36.3 Å². The number of hydrogen-bond donors (Lipinski definition) is 6. The molecule has 0 bridgehead atoms. The number of nitrogens with two attached hydrogens (primary N) is 1. The summed E-state index contributed by atoms with van der Waals surface area (Å²) in [4.78, 5) is 51.1. The number of oxime groups is 1. The number of aromatic hydroxyl groups is 1. The lowest BCUT2D eigenvalue weighted by Gasteiger charge is -2.49. The Balaban J connectivity index is 0.000000559. The molecule has 19 heteroatoms. The Morgan fingerprint density at radius 2 is 1.85 bits per heavy atom. The first kappa shape index (κ1) is 30.0. The number of aromatic nitrogens is 1. The Labute approximate surface area is 229 Å². The van der Waals surface area contributed by atoms with Gasteiger partial charge in [-0.3, -0.25) is 14.5 Å². The van der Waals surface area contributed by atoms with Gasteiger partial charge in [0.1, 0.15) is 40.9 Å². The minimum Gasteiger partial charge on any atom is -0.508 e. The fourth-order valence-corrected chi connectivity index (χ4v) is 5.20. The number of carboxylic acid groups (broad SMARTS) is 2. The van der Waals surface area contributed by atoms with Gasteiger partial charge in [-0.15, -0.1) is 23.1 Å². The normalized spacial score (nSPS) is 18.6. The molecule has 1 unspecified atom stereocenters. The van der Waals surface area contributed by atoms with E-state index < -0.39 is 47.1 Å². The number of benzene rings is 1. The molecule has 4 rings (SSSR count). The molecule has 2 aliphatic rings. The first-order chi connectivity index (χ1) is 18.7. The maximum absolute atomic E-state index is 12.8. The molecular weight excluding hydrogens is 587 g/mol. The predicted octanol–water partition coefficient (Wildman–Crippen LogP) is 1.06. The van der Waals surface area contributed by atoms with Crippen molar-refractivity contribution in [1.29, 1.82) is 0 Å². The number of aliphatic carboxylic acids is 2. The van der Waals surface area contributed by atoms with E-state index in [1.165, 1.54) is 41.4 Å². The van der Waals surface area contributed by atoms with Gasteiger partial charge in [-0.25, -0.2) is 14.6 Å². The van der Waals surface area contributed by atoms with Crippen LogP contribution in [-0.4, -0.2) is 89.8 Å². The number of halogens is 3. The van der Waals surface area contributed by atoms with Gasteiger partial charge in [-0.05, 0) is 24.3 Å². The second-order valence-electron chi connectivity index (χ2n) is 7.72. The molecule has 0 radical (unpaired) electrons. The molecule has 2 aromatic rings. The number of amides is 2. The first-order valence-electron chi connectivity index (χ1n) is 10.6. The lowest BCUT2D eigenvalue weighted by Crippen LogP contribution is -2.71. The number of thioether (sulfide) groups is 1. The number of ether oxygens (including phenoxy) is 1. The smallest absolute Gasteiger partial charge is 0.490 e. The SMILES string of the molecule is Nc1nc(/C(=N/O)C(=O)NC2C(=O)N3C(C(=O)O)=C(COc4ccc(O)cc4)CS[C@H]23)cs1.O=C(O)C(F)(F)F. The number of fused-ring (bicyclic) bond motifs is 1. The number of nitrogens with zero attached hydrogens (tertiary/aromatic N) is 3. The van der Waals surface area contributed by atoms with Crippen LogP contribution in [0.1, 0.15) is 5.69 Å². The standard InChI is InChI=1S/C19H17N5O7S2.C2HF3O2/c20-19-21-11(7-33-19)12(23-30)15(26)22-13-16(27)24-14(18(28)29)8(6-32-17(13)24)5-31-10-3-1-9(25)2-4-10;3-2(4,5)1(6)7/h1-4,7,13,17,25,30H,5-6H2,(H2,20,21)(H,22,26)(H,28,29);(H,6,7)/b23-12-;/t13?,17-;/m1./s1. The van der Waals surface area contributed by atoms with Crippen LogP contribution in [0.4, 0.5) is 18.3 Å². The Kier molecular flexibility index (Phi) is 9.10. The van der Waals surface area contributed by atoms with E-state index in [2.05, 4.69) is 15.5 Å². The molecule has 2 atom stereocenters. The zero-order valence-corrected chi connectivity index (χ0v) is 21.3. The van der Waals surface area contributed by atoms with Crippen molar-refractivity contribution < 1.29 is 57.6 Å². The molecule has 1 aromatic carbocycles. The Bertz CT molecular complexity index is 1380. The Morgan fingerprint density at radius 1 is 1.23 bits per heavy atom. The van der Waals surface area contributed by atoms with Crippen molar-refractivity contribution in [3.63, 3.8) is 0 Å². The molecule has 2 amide bonds. The van der Waals surface area contributed by atoms with E-state index in [1.54, 1.807) is 0 Å². The number of anilines is 1. The molecule has 0 aliphatic carbocycles. The number of alkyl halides is 3. The summed E-state index contributed by atoms with van der Waals surface area (Å²) >= 11 is 2.32. The van der Waals surface area contributed by atoms with E-state index in [0.29, 0.717) is 11.3 Å². The zero-order valence-electron chi connectivity index (χ0n) is 19.7. The lowest BCUT2D eigenvalue weighted by atomic mass is 10.0. The number of hydrogen-bond acceptors (Lipinski definition) is 12. The maximum Gasteiger partial charge on any atom is 0.490 e. The molecule has 214 valence electrons. The number of nitrogens with one attached hydrogen (secondary N) is 1. The third kappa shape index (κ3) is 6.72. The fraction of sp³-hybridized carbons (Fsp3) is 0.238. The average molecular weight is 606 g/mol. The number of carbonyl (C=O) groups excluding carboxylic acids is 2. The zero-order chi connectivity index (χ0) is 29.8. The molecule has 40 heavy (non-hydrogen) atoms. The second-order valence-corrected chi connectivity index (χ2v) is 9.72. The fourth-order valence-electron chi connectivity index (χ4n) is 3.33. The van der Waals surface area contributed by atoms with Gasteiger partial charge in [0.25, 0.3) is 11.8 Å². The van der Waals surface area contributed by atoms with Crippen molar-refractivity contribution in [3.8, 4) is 11.5 Å². The van der Waals surface area contributed by atoms with E-state index in [9.17, 15) is 43.0 Å². The van der Waals surface area contributed by atoms with Crippen molar-refractivity contribution in [1.82, 2.24) is 15.2 Å². The topological polar surface area (TPSA) is 225 Å². The van der Waals surface area contributed by atoms with Gasteiger partial charge in [0.15, 0.2) is 10.8 Å². The summed E-state index contributed by atoms with van der Waals surface area (Å²) < 4.78 is 37.3. The van der Waals surface area contributed by atoms with Crippen molar-refractivity contribution >= 4 is 57.7 Å². The molecule has 2 aliphatic heterocycles. The largest absolute Gasteiger partial charge is 0.508 e. The van der Waals surface area contributed by atoms with Crippen LogP contribution < -0.4 is 15.8 Å². The molecule has 1 aromatic heterocycles. The summed E-state index contributed by atoms with van der Waals surface area (Å²) in [5.74, 6) is -4.76. The highest BCUT2D eigenvalue weighted by Crippen LogP contribution is 2.40. The van der Waals surface area contributed by atoms with Crippen LogP contribution >= 0.6 is 23.1 Å². The minimum absolute atomic E-state index is 0.0530. The van der Waals surface area contributed by atoms with Crippen LogP contribution in [-0.2, 0) is 19.2 Å². The maximum atomic E-state index is 12.8. The van der Waals surface area contributed by atoms with Gasteiger partial charge in [0.2, 0.25) is 0 Å². The summed E-state index contributed by atoms with van der Waals surface area (Å²) in [5.41, 5.74) is 5.38. The third-order valence-electron chi connectivity index (χ3n) is 5.11. The number of carboxylic acids is 2. The highest BCUT2D eigenvalue weighted by molar-refractivity contribution is 8.00. The van der Waals surface area contributed by atoms with Crippen molar-refractivity contribution in [2.45, 2.75) is 17.6 Å². The number of phenolic OH excluding ortho intramolecular Hbond substituents is 1. The molecule has 7 N–H and O–H groups in total. The molecule has 3 heterocycles. The predicted molar refractivity (Wildman–Crippen MR) is 132 cm³/mol. The van der Waals surface area contributed by atoms with E-state index in [4.69, 9.17) is 20.4 Å². The molecular formula is C21H18F3N5O9S2. The van der Waals surface area contributed by atoms with Crippen LogP contribution in [0.15, 0.2) is 46.1 Å². The summed E-state index contributed by atoms with van der Waals surface area (Å²) in [6.07, 6.45) is -5.08. The summed E-state index contributed by atoms with van der Waals surface area (Å²) in [6.45, 7) is -0.0699. The van der Waals surface area contributed by atoms with Crippen LogP contribution in [0.3, 0.4) is 0 Å². The van der Waals surface area contributed by atoms with Crippen LogP contribution in [0, 0.1) is 0 Å². The number of phenols is 1. The van der Waals surface area contributed by atoms with Crippen molar-refractivity contribution in [3.05, 3.63) is 46.6 Å². The van der Waals surface area contributed by atoms with Gasteiger partial charge in [0.05, 0.1) is 0 Å². The van der Waals surface area contributed by atoms with E-state index in [-0.39, 0.29) is 34.6 Å². The number of nitrogen functional groups attached to an aromatic ring is 1. The van der Waals surface area contributed by atoms with E-state index in [1.807, 2.05) is 0 Å².